The van der Waals surface area contributed by atoms with E-state index in [4.69, 9.17) is 9.47 Å². The van der Waals surface area contributed by atoms with E-state index in [1.807, 2.05) is 38.1 Å². The number of nitrogens with zero attached hydrogens (tertiary/aromatic N) is 1. The molecule has 2 aromatic rings. The van der Waals surface area contributed by atoms with Crippen molar-refractivity contribution in [2.75, 3.05) is 12.0 Å². The average Bonchev–Trinajstić information content (AvgIpc) is 2.55. The number of ether oxygens (including phenoxy) is 2. The maximum Gasteiger partial charge on any atom is 0.268 e. The smallest absolute Gasteiger partial charge is 0.268 e. The molecule has 1 amide bonds. The molecule has 0 spiro atoms. The Kier molecular flexibility index (Phi) is 4.34. The van der Waals surface area contributed by atoms with Crippen molar-refractivity contribution in [3.63, 3.8) is 0 Å². The summed E-state index contributed by atoms with van der Waals surface area (Å²) in [4.78, 5) is 14.6. The third-order valence-corrected chi connectivity index (χ3v) is 4.06. The molecular formula is C19H21NO4. The van der Waals surface area contributed by atoms with Crippen molar-refractivity contribution in [1.82, 2.24) is 0 Å². The molecule has 1 unspecified atom stereocenters. The SMILES string of the molecule is COc1cccc(CC2Oc3ccc(O)cc3N(C(C)C)C2=O)c1. The second kappa shape index (κ2) is 6.43. The van der Waals surface area contributed by atoms with Crippen LogP contribution in [-0.2, 0) is 11.2 Å². The lowest BCUT2D eigenvalue weighted by atomic mass is 10.0. The summed E-state index contributed by atoms with van der Waals surface area (Å²) in [6.07, 6.45) is -0.143. The maximum atomic E-state index is 12.9. The standard InChI is InChI=1S/C19H21NO4/c1-12(2)20-16-11-14(21)7-8-17(16)24-18(19(20)22)10-13-5-4-6-15(9-13)23-3/h4-9,11-12,18,21H,10H2,1-3H3. The van der Waals surface area contributed by atoms with Gasteiger partial charge in [-0.05, 0) is 43.7 Å². The quantitative estimate of drug-likeness (QED) is 0.937. The van der Waals surface area contributed by atoms with Crippen LogP contribution in [0.15, 0.2) is 42.5 Å². The minimum atomic E-state index is -0.600. The lowest BCUT2D eigenvalue weighted by Gasteiger charge is -2.37. The second-order valence-corrected chi connectivity index (χ2v) is 6.12. The Morgan fingerprint density at radius 2 is 2.04 bits per heavy atom. The van der Waals surface area contributed by atoms with E-state index in [2.05, 4.69) is 0 Å². The fraction of sp³-hybridized carbons (Fsp3) is 0.316. The van der Waals surface area contributed by atoms with Gasteiger partial charge in [-0.3, -0.25) is 4.79 Å². The molecule has 0 aromatic heterocycles. The third-order valence-electron chi connectivity index (χ3n) is 4.06. The van der Waals surface area contributed by atoms with Crippen LogP contribution in [0.5, 0.6) is 17.2 Å². The van der Waals surface area contributed by atoms with Gasteiger partial charge in [0.25, 0.3) is 5.91 Å². The van der Waals surface area contributed by atoms with Gasteiger partial charge < -0.3 is 19.5 Å². The Morgan fingerprint density at radius 1 is 1.25 bits per heavy atom. The molecule has 1 heterocycles. The van der Waals surface area contributed by atoms with Gasteiger partial charge in [0.1, 0.15) is 17.2 Å². The molecule has 1 aliphatic heterocycles. The van der Waals surface area contributed by atoms with E-state index in [0.29, 0.717) is 17.9 Å². The first kappa shape index (κ1) is 16.2. The van der Waals surface area contributed by atoms with Crippen LogP contribution in [0.4, 0.5) is 5.69 Å². The molecule has 0 saturated heterocycles. The van der Waals surface area contributed by atoms with Crippen molar-refractivity contribution in [3.05, 3.63) is 48.0 Å². The first-order valence-electron chi connectivity index (χ1n) is 7.95. The molecule has 24 heavy (non-hydrogen) atoms. The molecule has 0 bridgehead atoms. The zero-order valence-electron chi connectivity index (χ0n) is 14.0. The predicted octanol–water partition coefficient (Wildman–Crippen LogP) is 3.15. The summed E-state index contributed by atoms with van der Waals surface area (Å²) in [5, 5.41) is 9.73. The van der Waals surface area contributed by atoms with Crippen LogP contribution in [0.2, 0.25) is 0 Å². The number of hydrogen-bond acceptors (Lipinski definition) is 4. The molecule has 5 heteroatoms. The minimum absolute atomic E-state index is 0.0326. The van der Waals surface area contributed by atoms with E-state index >= 15 is 0 Å². The third kappa shape index (κ3) is 3.02. The molecular weight excluding hydrogens is 306 g/mol. The number of carbonyl (C=O) groups excluding carboxylic acids is 1. The van der Waals surface area contributed by atoms with Gasteiger partial charge in [-0.15, -0.1) is 0 Å². The fourth-order valence-corrected chi connectivity index (χ4v) is 2.95. The number of fused-ring (bicyclic) bond motifs is 1. The van der Waals surface area contributed by atoms with Gasteiger partial charge in [0.2, 0.25) is 0 Å². The molecule has 2 aromatic carbocycles. The number of phenols is 1. The highest BCUT2D eigenvalue weighted by Gasteiger charge is 2.36. The maximum absolute atomic E-state index is 12.9. The lowest BCUT2D eigenvalue weighted by molar-refractivity contribution is -0.126. The topological polar surface area (TPSA) is 59.0 Å². The van der Waals surface area contributed by atoms with Crippen LogP contribution in [-0.4, -0.2) is 30.3 Å². The van der Waals surface area contributed by atoms with Gasteiger partial charge in [0.15, 0.2) is 6.10 Å². The van der Waals surface area contributed by atoms with E-state index in [9.17, 15) is 9.90 Å². The molecule has 1 aliphatic rings. The van der Waals surface area contributed by atoms with Crippen LogP contribution in [0.1, 0.15) is 19.4 Å². The molecule has 0 saturated carbocycles. The Balaban J connectivity index is 1.92. The molecule has 3 rings (SSSR count). The van der Waals surface area contributed by atoms with Crippen molar-refractivity contribution in [2.45, 2.75) is 32.4 Å². The van der Waals surface area contributed by atoms with E-state index in [1.165, 1.54) is 0 Å². The summed E-state index contributed by atoms with van der Waals surface area (Å²) in [7, 11) is 1.62. The van der Waals surface area contributed by atoms with Gasteiger partial charge in [-0.1, -0.05) is 12.1 Å². The highest BCUT2D eigenvalue weighted by atomic mass is 16.5. The summed E-state index contributed by atoms with van der Waals surface area (Å²) in [5.74, 6) is 1.36. The summed E-state index contributed by atoms with van der Waals surface area (Å²) in [6.45, 7) is 3.89. The molecule has 5 nitrogen and oxygen atoms in total. The van der Waals surface area contributed by atoms with Crippen molar-refractivity contribution >= 4 is 11.6 Å². The average molecular weight is 327 g/mol. The number of benzene rings is 2. The number of anilines is 1. The second-order valence-electron chi connectivity index (χ2n) is 6.12. The lowest BCUT2D eigenvalue weighted by Crippen LogP contribution is -2.49. The van der Waals surface area contributed by atoms with E-state index < -0.39 is 6.10 Å². The number of carbonyl (C=O) groups is 1. The number of methoxy groups -OCH3 is 1. The highest BCUT2D eigenvalue weighted by molar-refractivity contribution is 6.00. The van der Waals surface area contributed by atoms with Crippen LogP contribution in [0.3, 0.4) is 0 Å². The molecule has 1 N–H and O–H groups in total. The van der Waals surface area contributed by atoms with Gasteiger partial charge in [-0.2, -0.15) is 0 Å². The number of aromatic hydroxyl groups is 1. The van der Waals surface area contributed by atoms with Gasteiger partial charge in [0.05, 0.1) is 12.8 Å². The largest absolute Gasteiger partial charge is 0.508 e. The summed E-state index contributed by atoms with van der Waals surface area (Å²) >= 11 is 0. The predicted molar refractivity (Wildman–Crippen MR) is 91.8 cm³/mol. The first-order chi connectivity index (χ1) is 11.5. The van der Waals surface area contributed by atoms with Crippen molar-refractivity contribution < 1.29 is 19.4 Å². The van der Waals surface area contributed by atoms with Crippen molar-refractivity contribution in [1.29, 1.82) is 0 Å². The highest BCUT2D eigenvalue weighted by Crippen LogP contribution is 2.38. The van der Waals surface area contributed by atoms with E-state index in [0.717, 1.165) is 11.3 Å². The summed E-state index contributed by atoms with van der Waals surface area (Å²) < 4.78 is 11.1. The van der Waals surface area contributed by atoms with Crippen LogP contribution >= 0.6 is 0 Å². The van der Waals surface area contributed by atoms with Gasteiger partial charge in [0, 0.05) is 18.5 Å². The molecule has 0 radical (unpaired) electrons. The number of hydrogen-bond donors (Lipinski definition) is 1. The zero-order chi connectivity index (χ0) is 17.3. The number of amides is 1. The number of phenolic OH excluding ortho intramolecular Hbond substituents is 1. The van der Waals surface area contributed by atoms with Gasteiger partial charge >= 0.3 is 0 Å². The van der Waals surface area contributed by atoms with Crippen LogP contribution in [0, 0.1) is 0 Å². The minimum Gasteiger partial charge on any atom is -0.508 e. The van der Waals surface area contributed by atoms with Gasteiger partial charge in [-0.25, -0.2) is 0 Å². The number of rotatable bonds is 4. The Labute approximate surface area is 141 Å². The molecule has 1 atom stereocenters. The fourth-order valence-electron chi connectivity index (χ4n) is 2.95. The molecule has 126 valence electrons. The van der Waals surface area contributed by atoms with Crippen LogP contribution in [0.25, 0.3) is 0 Å². The Hall–Kier alpha value is -2.69. The first-order valence-corrected chi connectivity index (χ1v) is 7.95. The monoisotopic (exact) mass is 327 g/mol. The summed E-state index contributed by atoms with van der Waals surface area (Å²) in [6, 6.07) is 12.4. The van der Waals surface area contributed by atoms with Crippen molar-refractivity contribution in [2.24, 2.45) is 0 Å². The Bertz CT molecular complexity index is 757. The zero-order valence-corrected chi connectivity index (χ0v) is 14.0. The summed E-state index contributed by atoms with van der Waals surface area (Å²) in [5.41, 5.74) is 1.58. The normalized spacial score (nSPS) is 16.8. The Morgan fingerprint density at radius 3 is 2.75 bits per heavy atom. The van der Waals surface area contributed by atoms with E-state index in [1.54, 1.807) is 30.2 Å². The molecule has 0 aliphatic carbocycles. The van der Waals surface area contributed by atoms with E-state index in [-0.39, 0.29) is 17.7 Å². The molecule has 0 fully saturated rings. The van der Waals surface area contributed by atoms with Crippen molar-refractivity contribution in [3.8, 4) is 17.2 Å². The van der Waals surface area contributed by atoms with Crippen LogP contribution < -0.4 is 14.4 Å².